The van der Waals surface area contributed by atoms with Crippen LogP contribution in [0.2, 0.25) is 0 Å². The summed E-state index contributed by atoms with van der Waals surface area (Å²) in [7, 11) is 2.03. The highest BCUT2D eigenvalue weighted by atomic mass is 32.2. The fourth-order valence-electron chi connectivity index (χ4n) is 4.44. The minimum absolute atomic E-state index is 0.0246. The average Bonchev–Trinajstić information content (AvgIpc) is 3.41. The van der Waals surface area contributed by atoms with Crippen LogP contribution in [0.5, 0.6) is 0 Å². The summed E-state index contributed by atoms with van der Waals surface area (Å²) in [6.07, 6.45) is 0.777. The van der Waals surface area contributed by atoms with Gasteiger partial charge in [-0.25, -0.2) is 4.99 Å². The molecule has 2 aliphatic rings. The van der Waals surface area contributed by atoms with Gasteiger partial charge in [0, 0.05) is 37.3 Å². The Morgan fingerprint density at radius 2 is 1.56 bits per heavy atom. The van der Waals surface area contributed by atoms with Crippen molar-refractivity contribution in [2.45, 2.75) is 25.2 Å². The van der Waals surface area contributed by atoms with Crippen LogP contribution in [-0.2, 0) is 11.2 Å². The summed E-state index contributed by atoms with van der Waals surface area (Å²) in [6.45, 7) is 6.84. The molecule has 1 saturated heterocycles. The number of amides is 1. The Morgan fingerprint density at radius 3 is 2.25 bits per heavy atom. The lowest BCUT2D eigenvalue weighted by Gasteiger charge is -2.21. The second-order valence-corrected chi connectivity index (χ2v) is 10.6. The van der Waals surface area contributed by atoms with E-state index in [0.717, 1.165) is 46.0 Å². The van der Waals surface area contributed by atoms with E-state index in [1.165, 1.54) is 27.9 Å². The third-order valence-corrected chi connectivity index (χ3v) is 8.90. The zero-order valence-electron chi connectivity index (χ0n) is 20.8. The summed E-state index contributed by atoms with van der Waals surface area (Å²) >= 11 is 3.14. The largest absolute Gasteiger partial charge is 0.372 e. The maximum atomic E-state index is 13.8. The van der Waals surface area contributed by atoms with Crippen molar-refractivity contribution < 1.29 is 4.79 Å². The monoisotopic (exact) mass is 514 g/mol. The molecule has 0 atom stereocenters. The molecule has 0 radical (unpaired) electrons. The van der Waals surface area contributed by atoms with Gasteiger partial charge in [-0.05, 0) is 74.0 Å². The number of carbonyl (C=O) groups excluding carboxylic acids is 1. The lowest BCUT2D eigenvalue weighted by molar-refractivity contribution is -0.122. The van der Waals surface area contributed by atoms with Gasteiger partial charge < -0.3 is 9.80 Å². The molecule has 0 unspecified atom stereocenters. The number of carbonyl (C=O) groups is 1. The van der Waals surface area contributed by atoms with Gasteiger partial charge in [-0.1, -0.05) is 54.2 Å². The number of hydrogen-bond acceptors (Lipinski definition) is 6. The predicted octanol–water partition coefficient (Wildman–Crippen LogP) is 6.75. The summed E-state index contributed by atoms with van der Waals surface area (Å²) in [5, 5.41) is 1.71. The second kappa shape index (κ2) is 10.8. The number of rotatable bonds is 7. The van der Waals surface area contributed by atoms with E-state index < -0.39 is 0 Å². The number of aliphatic imine (C=N–C) groups is 1. The smallest absolute Gasteiger partial charge is 0.269 e. The minimum atomic E-state index is 0.0246. The highest BCUT2D eigenvalue weighted by Gasteiger charge is 2.38. The van der Waals surface area contributed by atoms with Crippen molar-refractivity contribution in [1.29, 1.82) is 0 Å². The molecule has 0 bridgehead atoms. The number of nitrogens with zero attached hydrogens (tertiary/aromatic N) is 4. The third kappa shape index (κ3) is 4.90. The number of benzene rings is 3. The molecule has 0 aliphatic carbocycles. The van der Waals surface area contributed by atoms with Gasteiger partial charge in [0.1, 0.15) is 4.91 Å². The van der Waals surface area contributed by atoms with Crippen LogP contribution in [0.4, 0.5) is 17.1 Å². The van der Waals surface area contributed by atoms with Crippen molar-refractivity contribution >= 4 is 51.7 Å². The molecule has 3 aromatic carbocycles. The van der Waals surface area contributed by atoms with Gasteiger partial charge >= 0.3 is 0 Å². The quantitative estimate of drug-likeness (QED) is 0.326. The van der Waals surface area contributed by atoms with Gasteiger partial charge in [0.05, 0.1) is 16.4 Å². The molecular weight excluding hydrogens is 484 g/mol. The van der Waals surface area contributed by atoms with Crippen LogP contribution in [0.25, 0.3) is 0 Å². The van der Waals surface area contributed by atoms with E-state index in [0.29, 0.717) is 6.54 Å². The minimum Gasteiger partial charge on any atom is -0.372 e. The second-order valence-electron chi connectivity index (χ2n) is 8.64. The molecular formula is C29H30N4OS2. The fourth-order valence-corrected chi connectivity index (χ4v) is 6.81. The molecule has 1 amide bonds. The third-order valence-electron chi connectivity index (χ3n) is 6.47. The number of thioether (sulfide) groups is 2. The van der Waals surface area contributed by atoms with Crippen LogP contribution in [0, 0.1) is 0 Å². The number of amidine groups is 1. The van der Waals surface area contributed by atoms with Crippen LogP contribution in [0.15, 0.2) is 98.7 Å². The van der Waals surface area contributed by atoms with Crippen LogP contribution in [0.1, 0.15) is 19.4 Å². The maximum absolute atomic E-state index is 13.8. The first-order valence-electron chi connectivity index (χ1n) is 12.3. The molecule has 36 heavy (non-hydrogen) atoms. The van der Waals surface area contributed by atoms with Crippen molar-refractivity contribution in [3.05, 3.63) is 94.4 Å². The van der Waals surface area contributed by atoms with Gasteiger partial charge in [-0.2, -0.15) is 0 Å². The lowest BCUT2D eigenvalue weighted by Crippen LogP contribution is -2.31. The number of anilines is 2. The SMILES string of the molecule is CCN(CC)c1ccc(N=C2S/C(=C3\Sc4ccccc4N3C)C(=O)N2CCc2ccccc2)cc1. The Hall–Kier alpha value is -3.16. The number of para-hydroxylation sites is 1. The van der Waals surface area contributed by atoms with Gasteiger partial charge in [0.25, 0.3) is 5.91 Å². The molecule has 2 aliphatic heterocycles. The zero-order chi connectivity index (χ0) is 25.1. The van der Waals surface area contributed by atoms with Gasteiger partial charge in [0.2, 0.25) is 0 Å². The normalized spacial score (nSPS) is 18.3. The van der Waals surface area contributed by atoms with Crippen molar-refractivity contribution in [1.82, 2.24) is 4.90 Å². The molecule has 0 spiro atoms. The van der Waals surface area contributed by atoms with E-state index >= 15 is 0 Å². The summed E-state index contributed by atoms with van der Waals surface area (Å²) in [5.41, 5.74) is 4.38. The standard InChI is InChI=1S/C29H30N4OS2/c1-4-32(5-2)23-17-15-22(16-18-23)30-29-33(20-19-21-11-7-6-8-12-21)27(34)26(36-29)28-31(3)24-13-9-10-14-25(24)35-28/h6-18H,4-5,19-20H2,1-3H3/b28-26-,30-29?. The summed E-state index contributed by atoms with van der Waals surface area (Å²) in [6, 6.07) is 26.9. The molecule has 184 valence electrons. The first-order chi connectivity index (χ1) is 17.6. The molecule has 7 heteroatoms. The molecule has 0 N–H and O–H groups in total. The predicted molar refractivity (Wildman–Crippen MR) is 154 cm³/mol. The van der Waals surface area contributed by atoms with Gasteiger partial charge in [-0.15, -0.1) is 0 Å². The van der Waals surface area contributed by atoms with Crippen LogP contribution >= 0.6 is 23.5 Å². The van der Waals surface area contributed by atoms with Crippen LogP contribution in [-0.4, -0.2) is 42.7 Å². The molecule has 2 heterocycles. The summed E-state index contributed by atoms with van der Waals surface area (Å²) < 4.78 is 0. The van der Waals surface area contributed by atoms with Crippen molar-refractivity contribution in [3.63, 3.8) is 0 Å². The molecule has 3 aromatic rings. The topological polar surface area (TPSA) is 39.1 Å². The van der Waals surface area contributed by atoms with E-state index in [4.69, 9.17) is 4.99 Å². The number of fused-ring (bicyclic) bond motifs is 1. The summed E-state index contributed by atoms with van der Waals surface area (Å²) in [4.78, 5) is 26.9. The molecule has 5 nitrogen and oxygen atoms in total. The molecule has 0 saturated carbocycles. The molecule has 1 fully saturated rings. The van der Waals surface area contributed by atoms with E-state index in [9.17, 15) is 4.79 Å². The van der Waals surface area contributed by atoms with E-state index in [1.54, 1.807) is 11.8 Å². The highest BCUT2D eigenvalue weighted by molar-refractivity contribution is 8.19. The Morgan fingerprint density at radius 1 is 0.861 bits per heavy atom. The average molecular weight is 515 g/mol. The zero-order valence-corrected chi connectivity index (χ0v) is 22.5. The maximum Gasteiger partial charge on any atom is 0.269 e. The van der Waals surface area contributed by atoms with Gasteiger partial charge in [0.15, 0.2) is 5.17 Å². The highest BCUT2D eigenvalue weighted by Crippen LogP contribution is 2.50. The number of hydrogen-bond donors (Lipinski definition) is 0. The van der Waals surface area contributed by atoms with E-state index in [2.05, 4.69) is 60.0 Å². The Balaban J connectivity index is 1.47. The lowest BCUT2D eigenvalue weighted by atomic mass is 10.1. The Bertz CT molecular complexity index is 1300. The van der Waals surface area contributed by atoms with Crippen molar-refractivity contribution in [2.24, 2.45) is 4.99 Å². The van der Waals surface area contributed by atoms with Crippen LogP contribution in [0.3, 0.4) is 0 Å². The van der Waals surface area contributed by atoms with Crippen molar-refractivity contribution in [2.75, 3.05) is 36.5 Å². The molecule has 0 aromatic heterocycles. The summed E-state index contributed by atoms with van der Waals surface area (Å²) in [5.74, 6) is 0.0246. The van der Waals surface area contributed by atoms with E-state index in [1.807, 2.05) is 54.4 Å². The Kier molecular flexibility index (Phi) is 7.39. The van der Waals surface area contributed by atoms with Gasteiger partial charge in [-0.3, -0.25) is 9.69 Å². The van der Waals surface area contributed by atoms with E-state index in [-0.39, 0.29) is 5.91 Å². The van der Waals surface area contributed by atoms with Crippen molar-refractivity contribution in [3.8, 4) is 0 Å². The first-order valence-corrected chi connectivity index (χ1v) is 13.9. The fraction of sp³-hybridized carbons (Fsp3) is 0.241. The first kappa shape index (κ1) is 24.5. The van der Waals surface area contributed by atoms with Crippen LogP contribution < -0.4 is 9.80 Å². The Labute approximate surface area is 221 Å². The molecule has 5 rings (SSSR count).